The minimum Gasteiger partial charge on any atom is -0.465 e. The molecule has 0 N–H and O–H groups in total. The molecular weight excluding hydrogens is 192 g/mol. The fourth-order valence-electron chi connectivity index (χ4n) is 1.30. The Morgan fingerprint density at radius 2 is 2.87 bits per heavy atom. The van der Waals surface area contributed by atoms with Crippen LogP contribution in [0.1, 0.15) is 31.3 Å². The molecule has 1 aliphatic rings. The number of nitrogens with zero attached hydrogens (tertiary/aromatic N) is 2. The summed E-state index contributed by atoms with van der Waals surface area (Å²) in [6, 6.07) is 0. The molecular formula is C11H16N2O2. The molecule has 1 aromatic rings. The van der Waals surface area contributed by atoms with Crippen molar-refractivity contribution in [2.24, 2.45) is 18.8 Å². The number of carbonyl (C=O) groups excluding carboxylic acids is 1. The molecule has 0 aromatic carbocycles. The predicted molar refractivity (Wildman–Crippen MR) is 55.1 cm³/mol. The van der Waals surface area contributed by atoms with Gasteiger partial charge in [0.15, 0.2) is 0 Å². The van der Waals surface area contributed by atoms with Gasteiger partial charge in [0.25, 0.3) is 0 Å². The van der Waals surface area contributed by atoms with E-state index in [0.717, 1.165) is 4.57 Å². The fourth-order valence-corrected chi connectivity index (χ4v) is 1.30. The number of carbonyl (C=O) groups is 1. The van der Waals surface area contributed by atoms with Gasteiger partial charge >= 0.3 is 5.97 Å². The molecule has 0 radical (unpaired) electrons. The minimum atomic E-state index is -2.93. The maximum Gasteiger partial charge on any atom is 0.309 e. The normalized spacial score (nSPS) is 48.3. The maximum atomic E-state index is 12.0. The highest BCUT2D eigenvalue weighted by Crippen LogP contribution is 2.27. The van der Waals surface area contributed by atoms with Gasteiger partial charge in [0.05, 0.1) is 22.9 Å². The second-order valence-corrected chi connectivity index (χ2v) is 3.13. The Morgan fingerprint density at radius 3 is 3.53 bits per heavy atom. The average Bonchev–Trinajstić information content (AvgIpc) is 2.67. The number of aromatic nitrogens is 2. The fraction of sp³-hybridized carbons (Fsp3) is 0.636. The molecule has 0 amide bonds. The number of esters is 1. The van der Waals surface area contributed by atoms with Crippen LogP contribution in [0.2, 0.25) is 0 Å². The molecule has 4 heteroatoms. The van der Waals surface area contributed by atoms with Crippen molar-refractivity contribution in [3.8, 4) is 0 Å². The van der Waals surface area contributed by atoms with Gasteiger partial charge in [0.1, 0.15) is 1.37 Å². The lowest BCUT2D eigenvalue weighted by Gasteiger charge is -2.12. The van der Waals surface area contributed by atoms with Gasteiger partial charge in [-0.15, -0.1) is 0 Å². The van der Waals surface area contributed by atoms with Crippen LogP contribution in [0.15, 0.2) is 12.5 Å². The Bertz CT molecular complexity index is 686. The Labute approximate surface area is 102 Å². The molecule has 4 nitrogen and oxygen atoms in total. The van der Waals surface area contributed by atoms with Crippen molar-refractivity contribution in [3.05, 3.63) is 18.2 Å². The second kappa shape index (κ2) is 4.04. The van der Waals surface area contributed by atoms with Gasteiger partial charge in [-0.2, -0.15) is 0 Å². The third-order valence-electron chi connectivity index (χ3n) is 2.19. The molecule has 1 saturated heterocycles. The third kappa shape index (κ3) is 1.89. The molecule has 2 rings (SSSR count). The van der Waals surface area contributed by atoms with E-state index in [0.29, 0.717) is 0 Å². The quantitative estimate of drug-likeness (QED) is 0.714. The van der Waals surface area contributed by atoms with Gasteiger partial charge < -0.3 is 9.30 Å². The topological polar surface area (TPSA) is 44.1 Å². The summed E-state index contributed by atoms with van der Waals surface area (Å²) in [5, 5.41) is 0. The van der Waals surface area contributed by atoms with Crippen LogP contribution in [0.3, 0.4) is 0 Å². The second-order valence-electron chi connectivity index (χ2n) is 3.13. The first-order chi connectivity index (χ1) is 10.6. The van der Waals surface area contributed by atoms with Crippen LogP contribution in [0.5, 0.6) is 0 Å². The number of ether oxygens (including phenoxy) is 1. The van der Waals surface area contributed by atoms with Gasteiger partial charge in [-0.05, 0) is 12.8 Å². The molecule has 0 aliphatic carbocycles. The summed E-state index contributed by atoms with van der Waals surface area (Å²) in [5.74, 6) is -6.75. The third-order valence-corrected chi connectivity index (χ3v) is 2.19. The van der Waals surface area contributed by atoms with Crippen molar-refractivity contribution < 1.29 is 21.9 Å². The number of rotatable bonds is 3. The average molecular weight is 217 g/mol. The monoisotopic (exact) mass is 217 g/mol. The molecule has 0 bridgehead atoms. The van der Waals surface area contributed by atoms with Crippen LogP contribution in [0.4, 0.5) is 0 Å². The molecule has 82 valence electrons. The van der Waals surface area contributed by atoms with E-state index in [-0.39, 0.29) is 12.0 Å². The Kier molecular flexibility index (Phi) is 1.06. The van der Waals surface area contributed by atoms with E-state index >= 15 is 0 Å². The molecule has 0 saturated carbocycles. The zero-order valence-electron chi connectivity index (χ0n) is 17.1. The summed E-state index contributed by atoms with van der Waals surface area (Å²) in [5.41, 5.74) is -0.0562. The number of hydrogen-bond acceptors (Lipinski definition) is 3. The molecule has 0 spiro atoms. The van der Waals surface area contributed by atoms with Crippen LogP contribution < -0.4 is 0 Å². The van der Waals surface area contributed by atoms with E-state index in [9.17, 15) is 4.79 Å². The highest BCUT2D eigenvalue weighted by Gasteiger charge is 2.35. The van der Waals surface area contributed by atoms with E-state index in [1.165, 1.54) is 7.05 Å². The largest absolute Gasteiger partial charge is 0.465 e. The van der Waals surface area contributed by atoms with Crippen molar-refractivity contribution in [1.29, 1.82) is 0 Å². The van der Waals surface area contributed by atoms with Crippen LogP contribution in [-0.4, -0.2) is 22.1 Å². The number of cyclic esters (lactones) is 1. The van der Waals surface area contributed by atoms with Crippen molar-refractivity contribution in [2.45, 2.75) is 19.7 Å². The predicted octanol–water partition coefficient (Wildman–Crippen LogP) is 1.16. The van der Waals surface area contributed by atoms with Crippen molar-refractivity contribution in [2.75, 3.05) is 6.56 Å². The van der Waals surface area contributed by atoms with Crippen LogP contribution >= 0.6 is 0 Å². The number of hydrogen-bond donors (Lipinski definition) is 0. The lowest BCUT2D eigenvalue weighted by atomic mass is 9.89. The van der Waals surface area contributed by atoms with E-state index < -0.39 is 50.2 Å². The highest BCUT2D eigenvalue weighted by atomic mass is 16.5. The Morgan fingerprint density at radius 1 is 2.00 bits per heavy atom. The van der Waals surface area contributed by atoms with E-state index in [4.69, 9.17) is 12.3 Å². The van der Waals surface area contributed by atoms with Gasteiger partial charge in [-0.1, -0.05) is 6.85 Å². The summed E-state index contributed by atoms with van der Waals surface area (Å²) in [6.07, 6.45) is -2.45. The molecule has 0 unspecified atom stereocenters. The molecule has 1 fully saturated rings. The van der Waals surface area contributed by atoms with Gasteiger partial charge in [-0.3, -0.25) is 4.79 Å². The van der Waals surface area contributed by atoms with E-state index in [1.807, 2.05) is 0 Å². The zero-order chi connectivity index (χ0) is 18.7. The van der Waals surface area contributed by atoms with Crippen LogP contribution in [-0.2, 0) is 23.0 Å². The standard InChI is InChI=1S/C11H16N2O2/c1-3-10-8(6-15-11(10)14)4-9-5-12-7-13(9)2/h5,7-8,10H,3-4,6H2,1-2H3/t8-,10-/m0/s1/i1D3,5D,6D2,7D,8D,10D. The molecule has 1 aliphatic heterocycles. The first kappa shape index (κ1) is 3.92. The Hall–Kier alpha value is -1.32. The lowest BCUT2D eigenvalue weighted by Crippen LogP contribution is -2.18. The van der Waals surface area contributed by atoms with Gasteiger partial charge in [0.2, 0.25) is 0 Å². The van der Waals surface area contributed by atoms with Crippen molar-refractivity contribution in [1.82, 2.24) is 9.55 Å². The lowest BCUT2D eigenvalue weighted by molar-refractivity contribution is -0.141. The first-order valence-corrected chi connectivity index (χ1v) is 4.37. The Balaban J connectivity index is 2.57. The van der Waals surface area contributed by atoms with Crippen LogP contribution in [0, 0.1) is 11.8 Å². The van der Waals surface area contributed by atoms with Gasteiger partial charge in [-0.25, -0.2) is 4.98 Å². The summed E-state index contributed by atoms with van der Waals surface area (Å²) < 4.78 is 75.1. The molecule has 15 heavy (non-hydrogen) atoms. The van der Waals surface area contributed by atoms with E-state index in [1.54, 1.807) is 0 Å². The van der Waals surface area contributed by atoms with Gasteiger partial charge in [0, 0.05) is 31.7 Å². The maximum absolute atomic E-state index is 12.0. The summed E-state index contributed by atoms with van der Waals surface area (Å²) in [6.45, 7) is -5.69. The zero-order valence-corrected chi connectivity index (χ0v) is 8.13. The van der Waals surface area contributed by atoms with E-state index in [2.05, 4.69) is 9.72 Å². The summed E-state index contributed by atoms with van der Waals surface area (Å²) in [7, 11) is 1.37. The minimum absolute atomic E-state index is 0.0562. The first-order valence-electron chi connectivity index (χ1n) is 8.87. The molecule has 2 heterocycles. The van der Waals surface area contributed by atoms with Crippen molar-refractivity contribution >= 4 is 5.97 Å². The molecule has 2 atom stereocenters. The smallest absolute Gasteiger partial charge is 0.309 e. The summed E-state index contributed by atoms with van der Waals surface area (Å²) in [4.78, 5) is 15.6. The highest BCUT2D eigenvalue weighted by molar-refractivity contribution is 5.74. The SMILES string of the molecule is [2H]c1nc([2H])n(C)c1C[C@@]1([2H])C([2H])([2H])OC(=O)[C@@]1([2H])CC([2H])([2H])[2H]. The van der Waals surface area contributed by atoms with Crippen LogP contribution in [0.25, 0.3) is 0 Å². The number of imidazole rings is 1. The molecule has 1 aromatic heterocycles. The van der Waals surface area contributed by atoms with Crippen molar-refractivity contribution in [3.63, 3.8) is 0 Å². The summed E-state index contributed by atoms with van der Waals surface area (Å²) >= 11 is 0.